The first kappa shape index (κ1) is 14.8. The SMILES string of the molecule is Cc1cc(CC(=O)NCC(c2ccco2)N2CCCC2)no1. The average molecular weight is 303 g/mol. The van der Waals surface area contributed by atoms with Crippen LogP contribution in [0, 0.1) is 6.92 Å². The van der Waals surface area contributed by atoms with E-state index >= 15 is 0 Å². The van der Waals surface area contributed by atoms with Gasteiger partial charge in [0.15, 0.2) is 0 Å². The lowest BCUT2D eigenvalue weighted by Crippen LogP contribution is -2.37. The first-order valence-electron chi connectivity index (χ1n) is 7.69. The number of carbonyl (C=O) groups is 1. The van der Waals surface area contributed by atoms with Crippen molar-refractivity contribution in [3.8, 4) is 0 Å². The molecule has 3 heterocycles. The number of hydrogen-bond acceptors (Lipinski definition) is 5. The average Bonchev–Trinajstić information content (AvgIpc) is 3.22. The standard InChI is InChI=1S/C16H21N3O3/c1-12-9-13(18-22-12)10-16(20)17-11-14(15-5-4-8-21-15)19-6-2-3-7-19/h4-5,8-9,14H,2-3,6-7,10-11H2,1H3,(H,17,20). The summed E-state index contributed by atoms with van der Waals surface area (Å²) in [5.41, 5.74) is 0.658. The van der Waals surface area contributed by atoms with Gasteiger partial charge in [0.1, 0.15) is 11.5 Å². The quantitative estimate of drug-likeness (QED) is 0.884. The highest BCUT2D eigenvalue weighted by atomic mass is 16.5. The third-order valence-electron chi connectivity index (χ3n) is 3.96. The van der Waals surface area contributed by atoms with Gasteiger partial charge in [-0.1, -0.05) is 5.16 Å². The van der Waals surface area contributed by atoms with Crippen LogP contribution in [0.1, 0.15) is 36.1 Å². The summed E-state index contributed by atoms with van der Waals surface area (Å²) in [6.07, 6.45) is 4.31. The zero-order valence-electron chi connectivity index (χ0n) is 12.7. The van der Waals surface area contributed by atoms with E-state index in [1.807, 2.05) is 19.1 Å². The van der Waals surface area contributed by atoms with Crippen molar-refractivity contribution in [2.45, 2.75) is 32.2 Å². The van der Waals surface area contributed by atoms with Crippen molar-refractivity contribution >= 4 is 5.91 Å². The maximum absolute atomic E-state index is 12.1. The summed E-state index contributed by atoms with van der Waals surface area (Å²) in [6, 6.07) is 5.74. The molecular weight excluding hydrogens is 282 g/mol. The molecular formula is C16H21N3O3. The van der Waals surface area contributed by atoms with E-state index in [4.69, 9.17) is 8.94 Å². The van der Waals surface area contributed by atoms with Crippen LogP contribution >= 0.6 is 0 Å². The van der Waals surface area contributed by atoms with Crippen LogP contribution in [0.25, 0.3) is 0 Å². The van der Waals surface area contributed by atoms with Gasteiger partial charge in [-0.25, -0.2) is 0 Å². The topological polar surface area (TPSA) is 71.5 Å². The minimum atomic E-state index is -0.0518. The summed E-state index contributed by atoms with van der Waals surface area (Å²) in [5, 5.41) is 6.83. The van der Waals surface area contributed by atoms with E-state index in [0.29, 0.717) is 18.0 Å². The van der Waals surface area contributed by atoms with Crippen molar-refractivity contribution < 1.29 is 13.7 Å². The summed E-state index contributed by atoms with van der Waals surface area (Å²) >= 11 is 0. The number of likely N-dealkylation sites (tertiary alicyclic amines) is 1. The number of nitrogens with one attached hydrogen (secondary N) is 1. The van der Waals surface area contributed by atoms with Gasteiger partial charge in [0.2, 0.25) is 5.91 Å². The van der Waals surface area contributed by atoms with Crippen LogP contribution in [0.3, 0.4) is 0 Å². The van der Waals surface area contributed by atoms with Crippen molar-refractivity contribution in [1.82, 2.24) is 15.4 Å². The molecule has 3 rings (SSSR count). The van der Waals surface area contributed by atoms with Crippen molar-refractivity contribution in [2.24, 2.45) is 0 Å². The lowest BCUT2D eigenvalue weighted by atomic mass is 10.2. The first-order chi connectivity index (χ1) is 10.7. The molecule has 1 amide bonds. The molecule has 1 unspecified atom stereocenters. The molecule has 2 aromatic rings. The van der Waals surface area contributed by atoms with E-state index in [0.717, 1.165) is 18.8 Å². The second-order valence-corrected chi connectivity index (χ2v) is 5.68. The fourth-order valence-corrected chi connectivity index (χ4v) is 2.88. The molecule has 0 spiro atoms. The molecule has 1 aliphatic heterocycles. The number of aromatic nitrogens is 1. The summed E-state index contributed by atoms with van der Waals surface area (Å²) in [7, 11) is 0. The predicted molar refractivity (Wildman–Crippen MR) is 80.2 cm³/mol. The second kappa shape index (κ2) is 6.79. The van der Waals surface area contributed by atoms with E-state index in [-0.39, 0.29) is 18.4 Å². The summed E-state index contributed by atoms with van der Waals surface area (Å²) in [4.78, 5) is 14.4. The highest BCUT2D eigenvalue weighted by Crippen LogP contribution is 2.24. The highest BCUT2D eigenvalue weighted by Gasteiger charge is 2.25. The van der Waals surface area contributed by atoms with Gasteiger partial charge < -0.3 is 14.3 Å². The highest BCUT2D eigenvalue weighted by molar-refractivity contribution is 5.78. The van der Waals surface area contributed by atoms with Crippen LogP contribution in [-0.4, -0.2) is 35.6 Å². The number of rotatable bonds is 6. The molecule has 1 atom stereocenters. The molecule has 1 N–H and O–H groups in total. The zero-order chi connectivity index (χ0) is 15.4. The maximum atomic E-state index is 12.1. The molecule has 22 heavy (non-hydrogen) atoms. The lowest BCUT2D eigenvalue weighted by molar-refractivity contribution is -0.120. The monoisotopic (exact) mass is 303 g/mol. The molecule has 2 aromatic heterocycles. The normalized spacial score (nSPS) is 16.8. The van der Waals surface area contributed by atoms with Crippen molar-refractivity contribution in [1.29, 1.82) is 0 Å². The van der Waals surface area contributed by atoms with Gasteiger partial charge in [0.25, 0.3) is 0 Å². The number of nitrogens with zero attached hydrogens (tertiary/aromatic N) is 2. The smallest absolute Gasteiger partial charge is 0.226 e. The molecule has 0 bridgehead atoms. The number of furan rings is 1. The first-order valence-corrected chi connectivity index (χ1v) is 7.69. The fourth-order valence-electron chi connectivity index (χ4n) is 2.88. The Labute approximate surface area is 129 Å². The molecule has 6 heteroatoms. The summed E-state index contributed by atoms with van der Waals surface area (Å²) < 4.78 is 10.5. The predicted octanol–water partition coefficient (Wildman–Crippen LogP) is 2.07. The Kier molecular flexibility index (Phi) is 4.58. The molecule has 0 aliphatic carbocycles. The van der Waals surface area contributed by atoms with Gasteiger partial charge in [0, 0.05) is 12.6 Å². The number of carbonyl (C=O) groups excluding carboxylic acids is 1. The van der Waals surface area contributed by atoms with E-state index < -0.39 is 0 Å². The van der Waals surface area contributed by atoms with Crippen LogP contribution in [-0.2, 0) is 11.2 Å². The zero-order valence-corrected chi connectivity index (χ0v) is 12.7. The molecule has 0 aromatic carbocycles. The number of amides is 1. The molecule has 6 nitrogen and oxygen atoms in total. The summed E-state index contributed by atoms with van der Waals surface area (Å²) in [5.74, 6) is 1.57. The Bertz CT molecular complexity index is 600. The van der Waals surface area contributed by atoms with E-state index in [9.17, 15) is 4.79 Å². The molecule has 1 fully saturated rings. The van der Waals surface area contributed by atoms with Crippen molar-refractivity contribution in [3.63, 3.8) is 0 Å². The third-order valence-corrected chi connectivity index (χ3v) is 3.96. The van der Waals surface area contributed by atoms with Crippen LogP contribution in [0.5, 0.6) is 0 Å². The Morgan fingerprint density at radius 2 is 2.27 bits per heavy atom. The molecule has 1 saturated heterocycles. The minimum Gasteiger partial charge on any atom is -0.468 e. The second-order valence-electron chi connectivity index (χ2n) is 5.68. The van der Waals surface area contributed by atoms with Gasteiger partial charge in [0.05, 0.1) is 24.4 Å². The van der Waals surface area contributed by atoms with Gasteiger partial charge in [-0.05, 0) is 45.0 Å². The van der Waals surface area contributed by atoms with Gasteiger partial charge in [-0.2, -0.15) is 0 Å². The molecule has 1 aliphatic rings. The molecule has 118 valence electrons. The maximum Gasteiger partial charge on any atom is 0.226 e. The van der Waals surface area contributed by atoms with Gasteiger partial charge in [-0.15, -0.1) is 0 Å². The number of hydrogen-bond donors (Lipinski definition) is 1. The largest absolute Gasteiger partial charge is 0.468 e. The fraction of sp³-hybridized carbons (Fsp3) is 0.500. The van der Waals surface area contributed by atoms with Gasteiger partial charge >= 0.3 is 0 Å². The Morgan fingerprint density at radius 1 is 1.45 bits per heavy atom. The lowest BCUT2D eigenvalue weighted by Gasteiger charge is -2.25. The van der Waals surface area contributed by atoms with Crippen molar-refractivity contribution in [3.05, 3.63) is 41.7 Å². The van der Waals surface area contributed by atoms with Crippen LogP contribution < -0.4 is 5.32 Å². The number of aryl methyl sites for hydroxylation is 1. The van der Waals surface area contributed by atoms with E-state index in [1.54, 1.807) is 12.3 Å². The van der Waals surface area contributed by atoms with Gasteiger partial charge in [-0.3, -0.25) is 9.69 Å². The molecule has 0 saturated carbocycles. The Balaban J connectivity index is 1.57. The Hall–Kier alpha value is -2.08. The molecule has 0 radical (unpaired) electrons. The van der Waals surface area contributed by atoms with Crippen molar-refractivity contribution in [2.75, 3.05) is 19.6 Å². The third kappa shape index (κ3) is 3.57. The summed E-state index contributed by atoms with van der Waals surface area (Å²) in [6.45, 7) is 4.45. The van der Waals surface area contributed by atoms with Crippen LogP contribution in [0.15, 0.2) is 33.4 Å². The Morgan fingerprint density at radius 3 is 2.91 bits per heavy atom. The van der Waals surface area contributed by atoms with E-state index in [2.05, 4.69) is 15.4 Å². The van der Waals surface area contributed by atoms with Crippen LogP contribution in [0.4, 0.5) is 0 Å². The van der Waals surface area contributed by atoms with E-state index in [1.165, 1.54) is 12.8 Å². The minimum absolute atomic E-state index is 0.0518. The van der Waals surface area contributed by atoms with Crippen LogP contribution in [0.2, 0.25) is 0 Å².